The molecule has 1 aliphatic rings. The normalized spacial score (nSPS) is 16.8. The fourth-order valence-corrected chi connectivity index (χ4v) is 3.44. The number of hydrogen-bond acceptors (Lipinski definition) is 1. The van der Waals surface area contributed by atoms with Crippen LogP contribution in [-0.2, 0) is 0 Å². The maximum atomic E-state index is 13.8. The summed E-state index contributed by atoms with van der Waals surface area (Å²) in [6.45, 7) is 3.79. The average Bonchev–Trinajstić information content (AvgIpc) is 2.67. The van der Waals surface area contributed by atoms with E-state index in [1.54, 1.807) is 11.6 Å². The van der Waals surface area contributed by atoms with E-state index in [2.05, 4.69) is 24.8 Å². The van der Waals surface area contributed by atoms with Crippen LogP contribution in [0.25, 0.3) is 11.1 Å². The van der Waals surface area contributed by atoms with E-state index >= 15 is 0 Å². The van der Waals surface area contributed by atoms with E-state index in [0.29, 0.717) is 5.92 Å². The van der Waals surface area contributed by atoms with Crippen LogP contribution in [-0.4, -0.2) is 0 Å². The minimum absolute atomic E-state index is 0.0848. The molecule has 126 valence electrons. The van der Waals surface area contributed by atoms with Crippen molar-refractivity contribution in [3.8, 4) is 17.2 Å². The monoisotopic (exact) mass is 331 g/mol. The van der Waals surface area contributed by atoms with Crippen LogP contribution in [0.4, 0.5) is 4.39 Å². The predicted molar refractivity (Wildman–Crippen MR) is 101 cm³/mol. The van der Waals surface area contributed by atoms with E-state index < -0.39 is 5.82 Å². The standard InChI is InChI=1S/C23H22FN/c1-2-3-4-17-5-7-18(8-6-17)19-9-11-20(12-10-19)21-13-14-22(16-25)23(24)15-21/h2,5,9-15,18H,1,3-4,6-8H2. The number of benzene rings is 2. The predicted octanol–water partition coefficient (Wildman–Crippen LogP) is 6.52. The SMILES string of the molecule is C=CCCC1=CCC(c2ccc(-c3ccc(C#N)c(F)c3)cc2)CC1. The highest BCUT2D eigenvalue weighted by molar-refractivity contribution is 5.65. The topological polar surface area (TPSA) is 23.8 Å². The van der Waals surface area contributed by atoms with Gasteiger partial charge in [-0.2, -0.15) is 5.26 Å². The Bertz CT molecular complexity index is 824. The zero-order valence-electron chi connectivity index (χ0n) is 14.3. The number of nitriles is 1. The summed E-state index contributed by atoms with van der Waals surface area (Å²) in [6.07, 6.45) is 10.0. The van der Waals surface area contributed by atoms with Gasteiger partial charge in [-0.25, -0.2) is 4.39 Å². The Kier molecular flexibility index (Phi) is 5.46. The van der Waals surface area contributed by atoms with Crippen LogP contribution in [0.3, 0.4) is 0 Å². The minimum Gasteiger partial charge on any atom is -0.206 e. The van der Waals surface area contributed by atoms with Crippen molar-refractivity contribution in [2.75, 3.05) is 0 Å². The molecule has 1 aliphatic carbocycles. The first-order valence-electron chi connectivity index (χ1n) is 8.80. The van der Waals surface area contributed by atoms with Gasteiger partial charge in [0.15, 0.2) is 0 Å². The van der Waals surface area contributed by atoms with Crippen LogP contribution in [0.5, 0.6) is 0 Å². The second kappa shape index (κ2) is 7.94. The molecule has 0 bridgehead atoms. The maximum absolute atomic E-state index is 13.8. The molecule has 0 heterocycles. The van der Waals surface area contributed by atoms with Gasteiger partial charge in [0.05, 0.1) is 5.56 Å². The number of nitrogens with zero attached hydrogens (tertiary/aromatic N) is 1. The number of halogens is 1. The number of hydrogen-bond donors (Lipinski definition) is 0. The zero-order valence-corrected chi connectivity index (χ0v) is 14.3. The first-order valence-corrected chi connectivity index (χ1v) is 8.80. The van der Waals surface area contributed by atoms with Gasteiger partial charge in [0.2, 0.25) is 0 Å². The van der Waals surface area contributed by atoms with E-state index in [-0.39, 0.29) is 5.56 Å². The van der Waals surface area contributed by atoms with Gasteiger partial charge in [0.1, 0.15) is 11.9 Å². The third-order valence-corrected chi connectivity index (χ3v) is 4.98. The van der Waals surface area contributed by atoms with Gasteiger partial charge in [-0.15, -0.1) is 6.58 Å². The highest BCUT2D eigenvalue weighted by atomic mass is 19.1. The lowest BCUT2D eigenvalue weighted by Gasteiger charge is -2.22. The molecule has 0 amide bonds. The second-order valence-electron chi connectivity index (χ2n) is 6.59. The molecule has 0 radical (unpaired) electrons. The summed E-state index contributed by atoms with van der Waals surface area (Å²) in [5.41, 5.74) is 4.77. The highest BCUT2D eigenvalue weighted by Gasteiger charge is 2.16. The third-order valence-electron chi connectivity index (χ3n) is 4.98. The first-order chi connectivity index (χ1) is 12.2. The van der Waals surface area contributed by atoms with E-state index in [9.17, 15) is 4.39 Å². The van der Waals surface area contributed by atoms with Crippen molar-refractivity contribution in [1.29, 1.82) is 5.26 Å². The van der Waals surface area contributed by atoms with Crippen LogP contribution < -0.4 is 0 Å². The van der Waals surface area contributed by atoms with Crippen molar-refractivity contribution in [3.63, 3.8) is 0 Å². The Balaban J connectivity index is 1.71. The number of allylic oxidation sites excluding steroid dienone is 3. The smallest absolute Gasteiger partial charge is 0.141 e. The summed E-state index contributed by atoms with van der Waals surface area (Å²) >= 11 is 0. The lowest BCUT2D eigenvalue weighted by molar-refractivity contribution is 0.586. The van der Waals surface area contributed by atoms with Gasteiger partial charge in [-0.1, -0.05) is 48.1 Å². The largest absolute Gasteiger partial charge is 0.206 e. The average molecular weight is 331 g/mol. The molecule has 0 aliphatic heterocycles. The molecule has 1 unspecified atom stereocenters. The summed E-state index contributed by atoms with van der Waals surface area (Å²) in [5, 5.41) is 8.83. The molecule has 0 N–H and O–H groups in total. The summed E-state index contributed by atoms with van der Waals surface area (Å²) < 4.78 is 13.8. The molecule has 0 fully saturated rings. The van der Waals surface area contributed by atoms with Gasteiger partial charge in [-0.05, 0) is 66.8 Å². The number of rotatable bonds is 5. The van der Waals surface area contributed by atoms with Crippen LogP contribution in [0.15, 0.2) is 66.8 Å². The fourth-order valence-electron chi connectivity index (χ4n) is 3.44. The Morgan fingerprint density at radius 1 is 1.16 bits per heavy atom. The van der Waals surface area contributed by atoms with Crippen LogP contribution >= 0.6 is 0 Å². The fraction of sp³-hybridized carbons (Fsp3) is 0.261. The summed E-state index contributed by atoms with van der Waals surface area (Å²) in [5.74, 6) is 0.104. The first kappa shape index (κ1) is 17.2. The summed E-state index contributed by atoms with van der Waals surface area (Å²) in [7, 11) is 0. The van der Waals surface area contributed by atoms with E-state index in [1.165, 1.54) is 30.5 Å². The van der Waals surface area contributed by atoms with E-state index in [4.69, 9.17) is 5.26 Å². The Labute approximate surface area is 149 Å². The van der Waals surface area contributed by atoms with Gasteiger partial charge in [0, 0.05) is 0 Å². The van der Waals surface area contributed by atoms with Gasteiger partial charge in [-0.3, -0.25) is 0 Å². The quantitative estimate of drug-likeness (QED) is 0.572. The summed E-state index contributed by atoms with van der Waals surface area (Å²) in [4.78, 5) is 0. The molecule has 2 aromatic carbocycles. The second-order valence-corrected chi connectivity index (χ2v) is 6.59. The Hall–Kier alpha value is -2.66. The van der Waals surface area contributed by atoms with E-state index in [1.807, 2.05) is 24.3 Å². The molecule has 2 aromatic rings. The van der Waals surface area contributed by atoms with Crippen molar-refractivity contribution >= 4 is 0 Å². The Morgan fingerprint density at radius 2 is 1.92 bits per heavy atom. The molecule has 3 rings (SSSR count). The van der Waals surface area contributed by atoms with Crippen molar-refractivity contribution in [2.45, 2.75) is 38.0 Å². The maximum Gasteiger partial charge on any atom is 0.141 e. The van der Waals surface area contributed by atoms with Gasteiger partial charge in [0.25, 0.3) is 0 Å². The molecule has 0 spiro atoms. The van der Waals surface area contributed by atoms with Crippen LogP contribution in [0.2, 0.25) is 0 Å². The minimum atomic E-state index is -0.464. The summed E-state index contributed by atoms with van der Waals surface area (Å²) in [6, 6.07) is 15.0. The third kappa shape index (κ3) is 4.06. The van der Waals surface area contributed by atoms with Gasteiger partial charge < -0.3 is 0 Å². The van der Waals surface area contributed by atoms with Crippen molar-refractivity contribution in [1.82, 2.24) is 0 Å². The lowest BCUT2D eigenvalue weighted by Crippen LogP contribution is -2.04. The van der Waals surface area contributed by atoms with Crippen molar-refractivity contribution in [2.24, 2.45) is 0 Å². The van der Waals surface area contributed by atoms with Crippen LogP contribution in [0.1, 0.15) is 49.1 Å². The molecule has 0 saturated carbocycles. The lowest BCUT2D eigenvalue weighted by atomic mass is 9.83. The molecule has 2 heteroatoms. The Morgan fingerprint density at radius 3 is 2.52 bits per heavy atom. The highest BCUT2D eigenvalue weighted by Crippen LogP contribution is 2.34. The zero-order chi connectivity index (χ0) is 17.6. The molecule has 1 nitrogen and oxygen atoms in total. The van der Waals surface area contributed by atoms with Crippen molar-refractivity contribution in [3.05, 3.63) is 83.7 Å². The van der Waals surface area contributed by atoms with Crippen molar-refractivity contribution < 1.29 is 4.39 Å². The van der Waals surface area contributed by atoms with Gasteiger partial charge >= 0.3 is 0 Å². The molecule has 0 aromatic heterocycles. The molecule has 0 saturated heterocycles. The van der Waals surface area contributed by atoms with Crippen LogP contribution in [0, 0.1) is 17.1 Å². The molecule has 1 atom stereocenters. The molecular weight excluding hydrogens is 309 g/mol. The molecule has 25 heavy (non-hydrogen) atoms. The van der Waals surface area contributed by atoms with E-state index in [0.717, 1.165) is 30.4 Å². The molecular formula is C23H22FN.